The van der Waals surface area contributed by atoms with Gasteiger partial charge in [-0.15, -0.1) is 0 Å². The largest absolute Gasteiger partial charge is 0.399 e. The minimum absolute atomic E-state index is 0.286. The lowest BCUT2D eigenvalue weighted by Crippen LogP contribution is -2.39. The van der Waals surface area contributed by atoms with Gasteiger partial charge in [0.25, 0.3) is 0 Å². The van der Waals surface area contributed by atoms with Crippen LogP contribution in [0.1, 0.15) is 18.4 Å². The molecule has 112 valence electrons. The van der Waals surface area contributed by atoms with E-state index in [1.807, 2.05) is 6.92 Å². The minimum atomic E-state index is -3.44. The highest BCUT2D eigenvalue weighted by molar-refractivity contribution is 7.89. The predicted molar refractivity (Wildman–Crippen MR) is 81.0 cm³/mol. The summed E-state index contributed by atoms with van der Waals surface area (Å²) < 4.78 is 27.2. The summed E-state index contributed by atoms with van der Waals surface area (Å²) in [6, 6.07) is 4.81. The molecular formula is C14H23N3O2S. The zero-order valence-corrected chi connectivity index (χ0v) is 12.9. The van der Waals surface area contributed by atoms with Crippen LogP contribution in [-0.4, -0.2) is 40.0 Å². The number of hydrogen-bond donors (Lipinski definition) is 2. The maximum absolute atomic E-state index is 12.3. The number of anilines is 1. The van der Waals surface area contributed by atoms with Crippen LogP contribution in [0.15, 0.2) is 23.1 Å². The lowest BCUT2D eigenvalue weighted by atomic mass is 9.99. The molecule has 1 fully saturated rings. The number of sulfonamides is 1. The van der Waals surface area contributed by atoms with Gasteiger partial charge in [0.1, 0.15) is 0 Å². The van der Waals surface area contributed by atoms with Crippen molar-refractivity contribution in [3.63, 3.8) is 0 Å². The number of aryl methyl sites for hydroxylation is 1. The number of rotatable bonds is 4. The van der Waals surface area contributed by atoms with Gasteiger partial charge in [0.05, 0.1) is 4.90 Å². The number of nitrogen functional groups attached to an aromatic ring is 1. The Kier molecular flexibility index (Phi) is 4.67. The summed E-state index contributed by atoms with van der Waals surface area (Å²) in [7, 11) is -1.37. The quantitative estimate of drug-likeness (QED) is 0.819. The smallest absolute Gasteiger partial charge is 0.240 e. The molecule has 0 spiro atoms. The van der Waals surface area contributed by atoms with E-state index in [1.165, 1.54) is 0 Å². The normalized spacial score (nSPS) is 21.0. The topological polar surface area (TPSA) is 75.4 Å². The van der Waals surface area contributed by atoms with E-state index in [9.17, 15) is 8.42 Å². The van der Waals surface area contributed by atoms with Crippen LogP contribution >= 0.6 is 0 Å². The summed E-state index contributed by atoms with van der Waals surface area (Å²) >= 11 is 0. The lowest BCUT2D eigenvalue weighted by Gasteiger charge is -2.29. The van der Waals surface area contributed by atoms with Crippen molar-refractivity contribution >= 4 is 15.7 Å². The first-order chi connectivity index (χ1) is 9.38. The molecule has 0 aromatic heterocycles. The van der Waals surface area contributed by atoms with Gasteiger partial charge in [-0.2, -0.15) is 0 Å². The molecular weight excluding hydrogens is 274 g/mol. The van der Waals surface area contributed by atoms with E-state index in [0.717, 1.165) is 31.5 Å². The SMILES string of the molecule is Cc1cc(S(=O)(=O)NCC2CCCN(C)C2)ccc1N. The Morgan fingerprint density at radius 3 is 2.85 bits per heavy atom. The third-order valence-electron chi connectivity index (χ3n) is 3.84. The Balaban J connectivity index is 2.01. The second-order valence-corrected chi connectivity index (χ2v) is 7.41. The Morgan fingerprint density at radius 2 is 2.20 bits per heavy atom. The molecule has 5 nitrogen and oxygen atoms in total. The number of nitrogens with zero attached hydrogens (tertiary/aromatic N) is 1. The van der Waals surface area contributed by atoms with Crippen LogP contribution in [0.3, 0.4) is 0 Å². The number of piperidine rings is 1. The Labute approximate surface area is 121 Å². The van der Waals surface area contributed by atoms with Gasteiger partial charge in [0.15, 0.2) is 0 Å². The van der Waals surface area contributed by atoms with Gasteiger partial charge in [-0.3, -0.25) is 0 Å². The van der Waals surface area contributed by atoms with Crippen molar-refractivity contribution in [2.45, 2.75) is 24.7 Å². The first-order valence-corrected chi connectivity index (χ1v) is 8.41. The van der Waals surface area contributed by atoms with Gasteiger partial charge >= 0.3 is 0 Å². The van der Waals surface area contributed by atoms with E-state index < -0.39 is 10.0 Å². The van der Waals surface area contributed by atoms with Crippen LogP contribution < -0.4 is 10.5 Å². The van der Waals surface area contributed by atoms with Gasteiger partial charge in [-0.25, -0.2) is 13.1 Å². The maximum atomic E-state index is 12.3. The lowest BCUT2D eigenvalue weighted by molar-refractivity contribution is 0.211. The highest BCUT2D eigenvalue weighted by Gasteiger charge is 2.21. The average molecular weight is 297 g/mol. The van der Waals surface area contributed by atoms with Crippen molar-refractivity contribution in [3.8, 4) is 0 Å². The third kappa shape index (κ3) is 3.71. The molecule has 0 saturated carbocycles. The molecule has 2 rings (SSSR count). The van der Waals surface area contributed by atoms with Gasteiger partial charge < -0.3 is 10.6 Å². The average Bonchev–Trinajstić information content (AvgIpc) is 2.40. The van der Waals surface area contributed by atoms with Crippen molar-refractivity contribution in [1.82, 2.24) is 9.62 Å². The van der Waals surface area contributed by atoms with Crippen LogP contribution in [0, 0.1) is 12.8 Å². The molecule has 1 atom stereocenters. The van der Waals surface area contributed by atoms with Crippen molar-refractivity contribution in [3.05, 3.63) is 23.8 Å². The first-order valence-electron chi connectivity index (χ1n) is 6.93. The monoisotopic (exact) mass is 297 g/mol. The Morgan fingerprint density at radius 1 is 1.45 bits per heavy atom. The van der Waals surface area contributed by atoms with E-state index in [-0.39, 0.29) is 4.90 Å². The van der Waals surface area contributed by atoms with Crippen molar-refractivity contribution in [2.75, 3.05) is 32.4 Å². The fraction of sp³-hybridized carbons (Fsp3) is 0.571. The second kappa shape index (κ2) is 6.11. The Hall–Kier alpha value is -1.11. The molecule has 3 N–H and O–H groups in total. The fourth-order valence-electron chi connectivity index (χ4n) is 2.57. The fourth-order valence-corrected chi connectivity index (χ4v) is 3.77. The maximum Gasteiger partial charge on any atom is 0.240 e. The van der Waals surface area contributed by atoms with Crippen LogP contribution in [0.5, 0.6) is 0 Å². The summed E-state index contributed by atoms with van der Waals surface area (Å²) in [5.74, 6) is 0.387. The van der Waals surface area contributed by atoms with Gasteiger partial charge in [0, 0.05) is 18.8 Å². The molecule has 1 heterocycles. The molecule has 1 aliphatic rings. The summed E-state index contributed by atoms with van der Waals surface area (Å²) in [5, 5.41) is 0. The molecule has 1 saturated heterocycles. The molecule has 20 heavy (non-hydrogen) atoms. The molecule has 1 unspecified atom stereocenters. The zero-order valence-electron chi connectivity index (χ0n) is 12.1. The standard InChI is InChI=1S/C14H23N3O2S/c1-11-8-13(5-6-14(11)15)20(18,19)16-9-12-4-3-7-17(2)10-12/h5-6,8,12,16H,3-4,7,9-10,15H2,1-2H3. The molecule has 1 aromatic rings. The zero-order chi connectivity index (χ0) is 14.8. The van der Waals surface area contributed by atoms with E-state index in [2.05, 4.69) is 16.7 Å². The summed E-state index contributed by atoms with van der Waals surface area (Å²) in [6.07, 6.45) is 2.21. The summed E-state index contributed by atoms with van der Waals surface area (Å²) in [4.78, 5) is 2.53. The minimum Gasteiger partial charge on any atom is -0.399 e. The van der Waals surface area contributed by atoms with E-state index >= 15 is 0 Å². The molecule has 0 radical (unpaired) electrons. The predicted octanol–water partition coefficient (Wildman–Crippen LogP) is 1.20. The van der Waals surface area contributed by atoms with Crippen molar-refractivity contribution in [1.29, 1.82) is 0 Å². The number of nitrogens with two attached hydrogens (primary N) is 1. The summed E-state index contributed by atoms with van der Waals surface area (Å²) in [6.45, 7) is 4.35. The van der Waals surface area contributed by atoms with Crippen molar-refractivity contribution < 1.29 is 8.42 Å². The number of nitrogens with one attached hydrogen (secondary N) is 1. The summed E-state index contributed by atoms with van der Waals surface area (Å²) in [5.41, 5.74) is 7.11. The van der Waals surface area contributed by atoms with Gasteiger partial charge in [0.2, 0.25) is 10.0 Å². The van der Waals surface area contributed by atoms with E-state index in [1.54, 1.807) is 18.2 Å². The van der Waals surface area contributed by atoms with Crippen LogP contribution in [0.2, 0.25) is 0 Å². The number of benzene rings is 1. The molecule has 1 aromatic carbocycles. The molecule has 6 heteroatoms. The second-order valence-electron chi connectivity index (χ2n) is 5.64. The van der Waals surface area contributed by atoms with Crippen LogP contribution in [0.25, 0.3) is 0 Å². The highest BCUT2D eigenvalue weighted by Crippen LogP contribution is 2.18. The van der Waals surface area contributed by atoms with Gasteiger partial charge in [-0.05, 0) is 63.0 Å². The van der Waals surface area contributed by atoms with Crippen LogP contribution in [-0.2, 0) is 10.0 Å². The molecule has 1 aliphatic heterocycles. The highest BCUT2D eigenvalue weighted by atomic mass is 32.2. The van der Waals surface area contributed by atoms with Crippen LogP contribution in [0.4, 0.5) is 5.69 Å². The Bertz CT molecular complexity index is 572. The molecule has 0 bridgehead atoms. The van der Waals surface area contributed by atoms with E-state index in [4.69, 9.17) is 5.73 Å². The first kappa shape index (κ1) is 15.3. The number of likely N-dealkylation sites (tertiary alicyclic amines) is 1. The molecule has 0 aliphatic carbocycles. The molecule has 0 amide bonds. The van der Waals surface area contributed by atoms with E-state index in [0.29, 0.717) is 18.2 Å². The number of hydrogen-bond acceptors (Lipinski definition) is 4. The third-order valence-corrected chi connectivity index (χ3v) is 5.26. The van der Waals surface area contributed by atoms with Gasteiger partial charge in [-0.1, -0.05) is 0 Å². The van der Waals surface area contributed by atoms with Crippen molar-refractivity contribution in [2.24, 2.45) is 5.92 Å².